The number of aliphatic imine (C=N–C) groups is 1. The highest BCUT2D eigenvalue weighted by Crippen LogP contribution is 2.36. The van der Waals surface area contributed by atoms with Crippen molar-refractivity contribution >= 4 is 11.5 Å². The van der Waals surface area contributed by atoms with Crippen LogP contribution in [0.1, 0.15) is 5.69 Å². The molecular weight excluding hydrogens is 297 g/mol. The molecule has 1 aromatic carbocycles. The molecular formula is C16H16FN5O. The summed E-state index contributed by atoms with van der Waals surface area (Å²) in [5.74, 6) is 1.22. The zero-order chi connectivity index (χ0) is 15.8. The molecule has 23 heavy (non-hydrogen) atoms. The number of aromatic nitrogens is 2. The molecule has 2 aromatic rings. The second-order valence-electron chi connectivity index (χ2n) is 5.65. The van der Waals surface area contributed by atoms with Crippen LogP contribution in [0.15, 0.2) is 35.6 Å². The van der Waals surface area contributed by atoms with E-state index in [9.17, 15) is 4.39 Å². The second kappa shape index (κ2) is 5.58. The molecule has 0 aliphatic carbocycles. The standard InChI is InChI=1S/C16H16FN5O/c1-21-6-8-22(9-7-21)15-14-16(19-5-4-18-14)23-13-3-2-11(17)10-12(13)20-15/h2-5,10H,6-9H2,1H3. The number of hydrogen-bond acceptors (Lipinski definition) is 6. The number of amidine groups is 1. The van der Waals surface area contributed by atoms with Crippen molar-refractivity contribution in [2.45, 2.75) is 0 Å². The van der Waals surface area contributed by atoms with Crippen molar-refractivity contribution in [1.29, 1.82) is 0 Å². The number of ether oxygens (including phenoxy) is 1. The predicted octanol–water partition coefficient (Wildman–Crippen LogP) is 2.05. The third-order valence-electron chi connectivity index (χ3n) is 4.03. The van der Waals surface area contributed by atoms with Crippen LogP contribution in [0.25, 0.3) is 0 Å². The molecule has 0 amide bonds. The van der Waals surface area contributed by atoms with Crippen molar-refractivity contribution in [1.82, 2.24) is 19.8 Å². The number of piperazine rings is 1. The highest BCUT2D eigenvalue weighted by Gasteiger charge is 2.27. The normalized spacial score (nSPS) is 17.7. The highest BCUT2D eigenvalue weighted by atomic mass is 19.1. The Morgan fingerprint density at radius 1 is 1.09 bits per heavy atom. The number of hydrogen-bond donors (Lipinski definition) is 0. The Labute approximate surface area is 133 Å². The number of halogens is 1. The van der Waals surface area contributed by atoms with Gasteiger partial charge in [0.25, 0.3) is 0 Å². The van der Waals surface area contributed by atoms with Gasteiger partial charge >= 0.3 is 0 Å². The van der Waals surface area contributed by atoms with Gasteiger partial charge in [0, 0.05) is 44.6 Å². The molecule has 1 fully saturated rings. The summed E-state index contributed by atoms with van der Waals surface area (Å²) in [6, 6.07) is 4.29. The van der Waals surface area contributed by atoms with E-state index in [0.29, 0.717) is 28.8 Å². The maximum atomic E-state index is 13.6. The van der Waals surface area contributed by atoms with E-state index in [2.05, 4.69) is 31.8 Å². The Hall–Kier alpha value is -2.54. The first kappa shape index (κ1) is 14.1. The van der Waals surface area contributed by atoms with Gasteiger partial charge in [0.15, 0.2) is 17.3 Å². The summed E-state index contributed by atoms with van der Waals surface area (Å²) in [6.07, 6.45) is 3.19. The summed E-state index contributed by atoms with van der Waals surface area (Å²) < 4.78 is 19.4. The highest BCUT2D eigenvalue weighted by molar-refractivity contribution is 6.01. The van der Waals surface area contributed by atoms with E-state index in [1.54, 1.807) is 18.5 Å². The summed E-state index contributed by atoms with van der Waals surface area (Å²) in [5.41, 5.74) is 1.05. The lowest BCUT2D eigenvalue weighted by molar-refractivity contribution is 0.215. The lowest BCUT2D eigenvalue weighted by Crippen LogP contribution is -2.47. The van der Waals surface area contributed by atoms with Crippen molar-refractivity contribution in [2.24, 2.45) is 4.99 Å². The fraction of sp³-hybridized carbons (Fsp3) is 0.312. The molecule has 0 unspecified atom stereocenters. The van der Waals surface area contributed by atoms with Crippen molar-refractivity contribution in [3.05, 3.63) is 42.1 Å². The van der Waals surface area contributed by atoms with Gasteiger partial charge in [0.05, 0.1) is 0 Å². The van der Waals surface area contributed by atoms with Crippen LogP contribution >= 0.6 is 0 Å². The van der Waals surface area contributed by atoms with Crippen molar-refractivity contribution < 1.29 is 9.13 Å². The lowest BCUT2D eigenvalue weighted by atomic mass is 10.2. The Bertz CT molecular complexity index is 771. The number of fused-ring (bicyclic) bond motifs is 2. The van der Waals surface area contributed by atoms with Crippen LogP contribution in [0, 0.1) is 5.82 Å². The van der Waals surface area contributed by atoms with Crippen LogP contribution in [0.4, 0.5) is 10.1 Å². The minimum Gasteiger partial charge on any atom is -0.435 e. The maximum absolute atomic E-state index is 13.6. The zero-order valence-electron chi connectivity index (χ0n) is 12.7. The van der Waals surface area contributed by atoms with Crippen LogP contribution in [0.3, 0.4) is 0 Å². The minimum absolute atomic E-state index is 0.347. The zero-order valence-corrected chi connectivity index (χ0v) is 12.7. The molecule has 3 heterocycles. The van der Waals surface area contributed by atoms with Gasteiger partial charge in [0.1, 0.15) is 11.5 Å². The average Bonchev–Trinajstić information content (AvgIpc) is 2.72. The molecule has 7 heteroatoms. The van der Waals surface area contributed by atoms with Crippen molar-refractivity contribution in [3.8, 4) is 11.6 Å². The van der Waals surface area contributed by atoms with Crippen LogP contribution in [0.2, 0.25) is 0 Å². The van der Waals surface area contributed by atoms with Crippen LogP contribution < -0.4 is 4.74 Å². The van der Waals surface area contributed by atoms with E-state index in [0.717, 1.165) is 26.2 Å². The van der Waals surface area contributed by atoms with Gasteiger partial charge in [-0.2, -0.15) is 0 Å². The van der Waals surface area contributed by atoms with E-state index in [1.165, 1.54) is 12.1 Å². The van der Waals surface area contributed by atoms with Crippen LogP contribution in [-0.2, 0) is 0 Å². The minimum atomic E-state index is -0.347. The van der Waals surface area contributed by atoms with Gasteiger partial charge in [-0.05, 0) is 19.2 Å². The first-order valence-corrected chi connectivity index (χ1v) is 7.52. The Kier molecular flexibility index (Phi) is 3.42. The third-order valence-corrected chi connectivity index (χ3v) is 4.03. The van der Waals surface area contributed by atoms with Gasteiger partial charge in [-0.3, -0.25) is 0 Å². The topological polar surface area (TPSA) is 53.9 Å². The molecule has 6 nitrogen and oxygen atoms in total. The fourth-order valence-corrected chi connectivity index (χ4v) is 2.73. The van der Waals surface area contributed by atoms with Gasteiger partial charge in [0.2, 0.25) is 5.88 Å². The molecule has 2 aliphatic heterocycles. The molecule has 1 aromatic heterocycles. The molecule has 0 radical (unpaired) electrons. The van der Waals surface area contributed by atoms with E-state index in [-0.39, 0.29) is 5.82 Å². The van der Waals surface area contributed by atoms with Crippen molar-refractivity contribution in [3.63, 3.8) is 0 Å². The fourth-order valence-electron chi connectivity index (χ4n) is 2.73. The number of rotatable bonds is 0. The number of benzene rings is 1. The summed E-state index contributed by atoms with van der Waals surface area (Å²) in [5, 5.41) is 0. The SMILES string of the molecule is CN1CCN(C2=Nc3cc(F)ccc3Oc3nccnc32)CC1. The average molecular weight is 313 g/mol. The Morgan fingerprint density at radius 3 is 2.70 bits per heavy atom. The van der Waals surface area contributed by atoms with E-state index < -0.39 is 0 Å². The molecule has 4 rings (SSSR count). The summed E-state index contributed by atoms with van der Waals surface area (Å²) in [6.45, 7) is 3.53. The molecule has 0 atom stereocenters. The van der Waals surface area contributed by atoms with E-state index in [4.69, 9.17) is 4.74 Å². The Balaban J connectivity index is 1.83. The van der Waals surface area contributed by atoms with Gasteiger partial charge in [-0.25, -0.2) is 19.4 Å². The summed E-state index contributed by atoms with van der Waals surface area (Å²) in [7, 11) is 2.09. The Morgan fingerprint density at radius 2 is 1.87 bits per heavy atom. The molecule has 0 saturated carbocycles. The largest absolute Gasteiger partial charge is 0.435 e. The first-order valence-electron chi connectivity index (χ1n) is 7.52. The van der Waals surface area contributed by atoms with Gasteiger partial charge in [-0.15, -0.1) is 0 Å². The molecule has 118 valence electrons. The van der Waals surface area contributed by atoms with Crippen LogP contribution in [-0.4, -0.2) is 58.8 Å². The summed E-state index contributed by atoms with van der Waals surface area (Å²) in [4.78, 5) is 17.7. The molecule has 0 bridgehead atoms. The monoisotopic (exact) mass is 313 g/mol. The predicted molar refractivity (Wildman–Crippen MR) is 83.8 cm³/mol. The molecule has 0 spiro atoms. The lowest BCUT2D eigenvalue weighted by Gasteiger charge is -2.34. The van der Waals surface area contributed by atoms with Crippen molar-refractivity contribution in [2.75, 3.05) is 33.2 Å². The second-order valence-corrected chi connectivity index (χ2v) is 5.65. The number of likely N-dealkylation sites (N-methyl/N-ethyl adjacent to an activating group) is 1. The van der Waals surface area contributed by atoms with Gasteiger partial charge in [-0.1, -0.05) is 0 Å². The van der Waals surface area contributed by atoms with Crippen LogP contribution in [0.5, 0.6) is 11.6 Å². The molecule has 0 N–H and O–H groups in total. The third kappa shape index (κ3) is 2.63. The maximum Gasteiger partial charge on any atom is 0.249 e. The summed E-state index contributed by atoms with van der Waals surface area (Å²) >= 11 is 0. The van der Waals surface area contributed by atoms with Gasteiger partial charge < -0.3 is 14.5 Å². The first-order chi connectivity index (χ1) is 11.2. The molecule has 2 aliphatic rings. The smallest absolute Gasteiger partial charge is 0.249 e. The quantitative estimate of drug-likeness (QED) is 0.745. The van der Waals surface area contributed by atoms with E-state index >= 15 is 0 Å². The van der Waals surface area contributed by atoms with E-state index in [1.807, 2.05) is 0 Å². The number of nitrogens with zero attached hydrogens (tertiary/aromatic N) is 5. The molecule has 1 saturated heterocycles.